The van der Waals surface area contributed by atoms with E-state index >= 15 is 0 Å². The first-order valence-electron chi connectivity index (χ1n) is 19.7. The van der Waals surface area contributed by atoms with E-state index < -0.39 is 29.0 Å². The minimum absolute atomic E-state index is 0.117. The molecule has 288 valence electrons. The molecule has 0 saturated carbocycles. The standard InChI is InChI=1S/C52H45NO4S/c1-36-26-30-38(31-27-36)49(39-32-28-37(2)29-33-39)57-50(54)48(53-51(55)56-34-47-45-24-14-12-22-43(45)44-23-13-15-25-46(44)47)35-58-52(40-16-6-3-7-17-40,41-18-8-4-9-19-41)42-20-10-5-11-21-42/h3-33,47-49H,34-35H2,1-2H3,(H,53,55)/t48-/m0/s1. The summed E-state index contributed by atoms with van der Waals surface area (Å²) in [6, 6.07) is 62.3. The molecule has 0 unspecified atom stereocenters. The molecule has 0 aromatic heterocycles. The average molecular weight is 780 g/mol. The highest BCUT2D eigenvalue weighted by atomic mass is 32.2. The van der Waals surface area contributed by atoms with Crippen LogP contribution in [0.25, 0.3) is 11.1 Å². The number of nitrogens with one attached hydrogen (secondary N) is 1. The molecule has 8 rings (SSSR count). The third-order valence-corrected chi connectivity index (χ3v) is 12.6. The van der Waals surface area contributed by atoms with Crippen molar-refractivity contribution in [1.29, 1.82) is 0 Å². The van der Waals surface area contributed by atoms with Gasteiger partial charge in [-0.15, -0.1) is 11.8 Å². The van der Waals surface area contributed by atoms with Crippen molar-refractivity contribution >= 4 is 23.8 Å². The predicted molar refractivity (Wildman–Crippen MR) is 234 cm³/mol. The fourth-order valence-electron chi connectivity index (χ4n) is 7.94. The highest BCUT2D eigenvalue weighted by Crippen LogP contribution is 2.49. The zero-order chi connectivity index (χ0) is 39.9. The second-order valence-electron chi connectivity index (χ2n) is 14.8. The summed E-state index contributed by atoms with van der Waals surface area (Å²) in [6.45, 7) is 4.17. The van der Waals surface area contributed by atoms with Crippen molar-refractivity contribution in [3.8, 4) is 11.1 Å². The van der Waals surface area contributed by atoms with Crippen LogP contribution < -0.4 is 5.32 Å². The van der Waals surface area contributed by atoms with Crippen LogP contribution in [0.2, 0.25) is 0 Å². The maximum absolute atomic E-state index is 14.8. The Labute approximate surface area is 345 Å². The molecule has 7 aromatic carbocycles. The fourth-order valence-corrected chi connectivity index (χ4v) is 9.48. The second kappa shape index (κ2) is 17.4. The van der Waals surface area contributed by atoms with Crippen LogP contribution in [0.15, 0.2) is 188 Å². The number of thioether (sulfide) groups is 1. The lowest BCUT2D eigenvalue weighted by molar-refractivity contribution is -0.149. The third-order valence-electron chi connectivity index (χ3n) is 10.9. The predicted octanol–water partition coefficient (Wildman–Crippen LogP) is 11.6. The van der Waals surface area contributed by atoms with Gasteiger partial charge in [0.25, 0.3) is 0 Å². The van der Waals surface area contributed by atoms with Gasteiger partial charge in [0.15, 0.2) is 6.10 Å². The zero-order valence-corrected chi connectivity index (χ0v) is 33.4. The Balaban J connectivity index is 1.14. The van der Waals surface area contributed by atoms with Crippen molar-refractivity contribution in [2.24, 2.45) is 0 Å². The first-order valence-corrected chi connectivity index (χ1v) is 20.6. The summed E-state index contributed by atoms with van der Waals surface area (Å²) in [7, 11) is 0. The van der Waals surface area contributed by atoms with Gasteiger partial charge in [-0.1, -0.05) is 199 Å². The normalized spacial score (nSPS) is 12.7. The number of esters is 1. The van der Waals surface area contributed by atoms with E-state index in [2.05, 4.69) is 66.0 Å². The van der Waals surface area contributed by atoms with E-state index in [0.717, 1.165) is 61.2 Å². The largest absolute Gasteiger partial charge is 0.451 e. The molecule has 0 spiro atoms. The van der Waals surface area contributed by atoms with Crippen molar-refractivity contribution in [3.05, 3.63) is 238 Å². The SMILES string of the molecule is Cc1ccc(C(OC(=O)[C@H](CSC(c2ccccc2)(c2ccccc2)c2ccccc2)NC(=O)OCC2c3ccccc3-c3ccccc32)c2ccc(C)cc2)cc1. The Kier molecular flexibility index (Phi) is 11.6. The molecule has 1 amide bonds. The monoisotopic (exact) mass is 779 g/mol. The summed E-state index contributed by atoms with van der Waals surface area (Å²) >= 11 is 1.58. The fraction of sp³-hybridized carbons (Fsp3) is 0.154. The quantitative estimate of drug-likeness (QED) is 0.0933. The number of carbonyl (C=O) groups excluding carboxylic acids is 2. The summed E-state index contributed by atoms with van der Waals surface area (Å²) in [4.78, 5) is 28.8. The molecule has 58 heavy (non-hydrogen) atoms. The zero-order valence-electron chi connectivity index (χ0n) is 32.6. The van der Waals surface area contributed by atoms with Crippen LogP contribution in [0.4, 0.5) is 4.79 Å². The molecule has 0 aliphatic heterocycles. The molecule has 6 heteroatoms. The van der Waals surface area contributed by atoms with Crippen molar-refractivity contribution in [3.63, 3.8) is 0 Å². The van der Waals surface area contributed by atoms with Crippen molar-refractivity contribution in [2.75, 3.05) is 12.4 Å². The molecular weight excluding hydrogens is 735 g/mol. The Hall–Kier alpha value is -6.37. The van der Waals surface area contributed by atoms with Crippen LogP contribution in [0, 0.1) is 13.8 Å². The van der Waals surface area contributed by atoms with Crippen molar-refractivity contribution < 1.29 is 19.1 Å². The maximum atomic E-state index is 14.8. The van der Waals surface area contributed by atoms with Gasteiger partial charge in [0.05, 0.1) is 4.75 Å². The molecule has 5 nitrogen and oxygen atoms in total. The summed E-state index contributed by atoms with van der Waals surface area (Å²) in [5.41, 5.74) is 11.5. The molecule has 1 atom stereocenters. The van der Waals surface area contributed by atoms with Crippen molar-refractivity contribution in [1.82, 2.24) is 5.32 Å². The number of fused-ring (bicyclic) bond motifs is 3. The molecule has 0 fully saturated rings. The van der Waals surface area contributed by atoms with Gasteiger partial charge < -0.3 is 14.8 Å². The summed E-state index contributed by atoms with van der Waals surface area (Å²) < 4.78 is 11.8. The number of amides is 1. The number of carbonyl (C=O) groups is 2. The smallest absolute Gasteiger partial charge is 0.407 e. The summed E-state index contributed by atoms with van der Waals surface area (Å²) in [5, 5.41) is 2.99. The Morgan fingerprint density at radius 1 is 0.569 bits per heavy atom. The topological polar surface area (TPSA) is 64.6 Å². The van der Waals surface area contributed by atoms with Gasteiger partial charge in [-0.2, -0.15) is 0 Å². The lowest BCUT2D eigenvalue weighted by Gasteiger charge is -2.36. The highest BCUT2D eigenvalue weighted by molar-refractivity contribution is 8.00. The van der Waals surface area contributed by atoms with E-state index in [1.165, 1.54) is 0 Å². The second-order valence-corrected chi connectivity index (χ2v) is 16.0. The van der Waals surface area contributed by atoms with E-state index in [0.29, 0.717) is 0 Å². The molecule has 0 radical (unpaired) electrons. The van der Waals surface area contributed by atoms with Gasteiger partial charge in [0.1, 0.15) is 12.6 Å². The Morgan fingerprint density at radius 2 is 0.983 bits per heavy atom. The number of alkyl carbamates (subject to hydrolysis) is 1. The molecule has 1 aliphatic rings. The first-order chi connectivity index (χ1) is 28.4. The van der Waals surface area contributed by atoms with E-state index in [4.69, 9.17) is 9.47 Å². The van der Waals surface area contributed by atoms with Crippen LogP contribution in [-0.2, 0) is 19.0 Å². The minimum Gasteiger partial charge on any atom is -0.451 e. The molecule has 7 aromatic rings. The van der Waals surface area contributed by atoms with Gasteiger partial charge in [-0.25, -0.2) is 9.59 Å². The van der Waals surface area contributed by atoms with Gasteiger partial charge >= 0.3 is 12.1 Å². The number of hydrogen-bond donors (Lipinski definition) is 1. The van der Waals surface area contributed by atoms with Crippen LogP contribution in [-0.4, -0.2) is 30.5 Å². The third kappa shape index (κ3) is 8.07. The Bertz CT molecular complexity index is 2280. The molecular formula is C52H45NO4S. The number of rotatable bonds is 13. The van der Waals surface area contributed by atoms with E-state index in [1.54, 1.807) is 11.8 Å². The van der Waals surface area contributed by atoms with Gasteiger partial charge in [0, 0.05) is 11.7 Å². The Morgan fingerprint density at radius 3 is 1.43 bits per heavy atom. The summed E-state index contributed by atoms with van der Waals surface area (Å²) in [6.07, 6.45) is -1.39. The average Bonchev–Trinajstić information content (AvgIpc) is 3.59. The van der Waals surface area contributed by atoms with E-state index in [9.17, 15) is 9.59 Å². The molecule has 1 N–H and O–H groups in total. The van der Waals surface area contributed by atoms with E-state index in [-0.39, 0.29) is 18.3 Å². The summed E-state index contributed by atoms with van der Waals surface area (Å²) in [5.74, 6) is -0.515. The minimum atomic E-state index is -1.07. The first kappa shape index (κ1) is 38.5. The number of hydrogen-bond acceptors (Lipinski definition) is 5. The van der Waals surface area contributed by atoms with Crippen LogP contribution in [0.3, 0.4) is 0 Å². The number of ether oxygens (including phenoxy) is 2. The maximum Gasteiger partial charge on any atom is 0.407 e. The van der Waals surface area contributed by atoms with Gasteiger partial charge in [0.2, 0.25) is 0 Å². The lowest BCUT2D eigenvalue weighted by atomic mass is 9.84. The number of benzene rings is 7. The molecule has 0 heterocycles. The lowest BCUT2D eigenvalue weighted by Crippen LogP contribution is -2.45. The van der Waals surface area contributed by atoms with Crippen LogP contribution in [0.1, 0.15) is 62.1 Å². The van der Waals surface area contributed by atoms with Gasteiger partial charge in [-0.3, -0.25) is 0 Å². The molecule has 0 bridgehead atoms. The van der Waals surface area contributed by atoms with Crippen LogP contribution >= 0.6 is 11.8 Å². The molecule has 1 aliphatic carbocycles. The number of aryl methyl sites for hydroxylation is 2. The van der Waals surface area contributed by atoms with E-state index in [1.807, 2.05) is 141 Å². The van der Waals surface area contributed by atoms with Crippen LogP contribution in [0.5, 0.6) is 0 Å². The van der Waals surface area contributed by atoms with Crippen molar-refractivity contribution in [2.45, 2.75) is 36.7 Å². The highest BCUT2D eigenvalue weighted by Gasteiger charge is 2.40. The molecule has 0 saturated heterocycles. The van der Waals surface area contributed by atoms with Gasteiger partial charge in [-0.05, 0) is 63.9 Å².